The second-order valence-corrected chi connectivity index (χ2v) is 4.22. The number of hydrogen-bond acceptors (Lipinski definition) is 3. The second-order valence-electron chi connectivity index (χ2n) is 3.36. The predicted molar refractivity (Wildman–Crippen MR) is 62.7 cm³/mol. The Hall–Kier alpha value is -1.07. The lowest BCUT2D eigenvalue weighted by Gasteiger charge is -2.07. The largest absolute Gasteiger partial charge is 0.496 e. The summed E-state index contributed by atoms with van der Waals surface area (Å²) in [5.74, 6) is -0.463. The summed E-state index contributed by atoms with van der Waals surface area (Å²) in [7, 11) is 1.58. The number of rotatable bonds is 5. The highest BCUT2D eigenvalue weighted by atomic mass is 79.9. The smallest absolute Gasteiger partial charge is 0.332 e. The quantitative estimate of drug-likeness (QED) is 0.868. The van der Waals surface area contributed by atoms with E-state index in [-0.39, 0.29) is 6.42 Å². The van der Waals surface area contributed by atoms with E-state index in [2.05, 4.69) is 15.9 Å². The lowest BCUT2D eigenvalue weighted by atomic mass is 10.1. The van der Waals surface area contributed by atoms with Crippen molar-refractivity contribution in [3.63, 3.8) is 0 Å². The first kappa shape index (κ1) is 13.0. The van der Waals surface area contributed by atoms with Crippen LogP contribution in [0.15, 0.2) is 22.7 Å². The molecule has 88 valence electrons. The van der Waals surface area contributed by atoms with Crippen molar-refractivity contribution < 1.29 is 19.7 Å². The number of aliphatic carboxylic acids is 1. The fourth-order valence-corrected chi connectivity index (χ4v) is 1.88. The number of carbonyl (C=O) groups is 1. The molecule has 5 heteroatoms. The summed E-state index contributed by atoms with van der Waals surface area (Å²) in [5, 5.41) is 17.6. The van der Waals surface area contributed by atoms with Crippen LogP contribution in [-0.4, -0.2) is 29.4 Å². The average Bonchev–Trinajstić information content (AvgIpc) is 2.25. The van der Waals surface area contributed by atoms with Gasteiger partial charge in [0.05, 0.1) is 11.6 Å². The van der Waals surface area contributed by atoms with E-state index < -0.39 is 12.1 Å². The molecule has 0 spiro atoms. The Morgan fingerprint density at radius 1 is 1.56 bits per heavy atom. The van der Waals surface area contributed by atoms with Gasteiger partial charge < -0.3 is 14.9 Å². The van der Waals surface area contributed by atoms with E-state index in [0.29, 0.717) is 6.42 Å². The van der Waals surface area contributed by atoms with Gasteiger partial charge in [0, 0.05) is 0 Å². The van der Waals surface area contributed by atoms with Crippen molar-refractivity contribution in [3.05, 3.63) is 28.2 Å². The van der Waals surface area contributed by atoms with Crippen molar-refractivity contribution in [2.24, 2.45) is 0 Å². The van der Waals surface area contributed by atoms with Gasteiger partial charge in [0.2, 0.25) is 0 Å². The zero-order valence-corrected chi connectivity index (χ0v) is 10.4. The SMILES string of the molecule is COc1ccc(CCC(O)C(=O)O)cc1Br. The normalized spacial score (nSPS) is 12.2. The number of ether oxygens (including phenoxy) is 1. The van der Waals surface area contributed by atoms with Crippen LogP contribution in [0.2, 0.25) is 0 Å². The number of halogens is 1. The summed E-state index contributed by atoms with van der Waals surface area (Å²) < 4.78 is 5.89. The lowest BCUT2D eigenvalue weighted by molar-refractivity contribution is -0.146. The number of hydrogen-bond donors (Lipinski definition) is 2. The fourth-order valence-electron chi connectivity index (χ4n) is 1.29. The van der Waals surface area contributed by atoms with Crippen LogP contribution in [-0.2, 0) is 11.2 Å². The third-order valence-corrected chi connectivity index (χ3v) is 2.83. The van der Waals surface area contributed by atoms with Gasteiger partial charge in [-0.1, -0.05) is 6.07 Å². The minimum Gasteiger partial charge on any atom is -0.496 e. The number of benzene rings is 1. The van der Waals surface area contributed by atoms with Gasteiger partial charge in [0.15, 0.2) is 6.10 Å². The molecule has 1 unspecified atom stereocenters. The Balaban J connectivity index is 2.62. The number of carboxylic acids is 1. The highest BCUT2D eigenvalue weighted by Gasteiger charge is 2.12. The molecule has 1 atom stereocenters. The van der Waals surface area contributed by atoms with E-state index in [0.717, 1.165) is 15.8 Å². The number of aliphatic hydroxyl groups excluding tert-OH is 1. The summed E-state index contributed by atoms with van der Waals surface area (Å²) >= 11 is 3.34. The van der Waals surface area contributed by atoms with E-state index in [9.17, 15) is 4.79 Å². The molecule has 0 heterocycles. The van der Waals surface area contributed by atoms with Crippen LogP contribution in [0.3, 0.4) is 0 Å². The van der Waals surface area contributed by atoms with Gasteiger partial charge in [0.25, 0.3) is 0 Å². The van der Waals surface area contributed by atoms with Crippen molar-refractivity contribution in [2.45, 2.75) is 18.9 Å². The van der Waals surface area contributed by atoms with Crippen LogP contribution in [0, 0.1) is 0 Å². The molecule has 16 heavy (non-hydrogen) atoms. The van der Waals surface area contributed by atoms with Crippen LogP contribution in [0.4, 0.5) is 0 Å². The maximum atomic E-state index is 10.4. The van der Waals surface area contributed by atoms with Crippen molar-refractivity contribution in [3.8, 4) is 5.75 Å². The molecule has 1 aromatic rings. The molecular formula is C11H13BrO4. The lowest BCUT2D eigenvalue weighted by Crippen LogP contribution is -2.19. The molecule has 1 aromatic carbocycles. The molecule has 4 nitrogen and oxygen atoms in total. The van der Waals surface area contributed by atoms with E-state index in [1.807, 2.05) is 12.1 Å². The van der Waals surface area contributed by atoms with Crippen LogP contribution in [0.5, 0.6) is 5.75 Å². The summed E-state index contributed by atoms with van der Waals surface area (Å²) in [6, 6.07) is 5.50. The molecule has 0 saturated heterocycles. The molecule has 0 aliphatic carbocycles. The minimum absolute atomic E-state index is 0.202. The van der Waals surface area contributed by atoms with Gasteiger partial charge in [-0.3, -0.25) is 0 Å². The first-order valence-corrected chi connectivity index (χ1v) is 5.57. The molecule has 2 N–H and O–H groups in total. The maximum Gasteiger partial charge on any atom is 0.332 e. The summed E-state index contributed by atoms with van der Waals surface area (Å²) in [4.78, 5) is 10.4. The van der Waals surface area contributed by atoms with Crippen molar-refractivity contribution >= 4 is 21.9 Å². The van der Waals surface area contributed by atoms with Crippen LogP contribution < -0.4 is 4.74 Å². The Kier molecular flexibility index (Phi) is 4.76. The molecule has 0 bridgehead atoms. The molecule has 0 saturated carbocycles. The van der Waals surface area contributed by atoms with Crippen LogP contribution in [0.1, 0.15) is 12.0 Å². The Morgan fingerprint density at radius 3 is 2.75 bits per heavy atom. The molecular weight excluding hydrogens is 276 g/mol. The number of aliphatic hydroxyl groups is 1. The zero-order chi connectivity index (χ0) is 12.1. The highest BCUT2D eigenvalue weighted by molar-refractivity contribution is 9.10. The first-order chi connectivity index (χ1) is 7.54. The van der Waals surface area contributed by atoms with Crippen molar-refractivity contribution in [1.82, 2.24) is 0 Å². The Labute approximate surface area is 102 Å². The Morgan fingerprint density at radius 2 is 2.25 bits per heavy atom. The van der Waals surface area contributed by atoms with Gasteiger partial charge in [-0.15, -0.1) is 0 Å². The molecule has 0 aliphatic heterocycles. The minimum atomic E-state index is -1.30. The number of methoxy groups -OCH3 is 1. The van der Waals surface area contributed by atoms with Crippen LogP contribution >= 0.6 is 15.9 Å². The van der Waals surface area contributed by atoms with Crippen molar-refractivity contribution in [2.75, 3.05) is 7.11 Å². The molecule has 0 fully saturated rings. The third-order valence-electron chi connectivity index (χ3n) is 2.21. The summed E-state index contributed by atoms with van der Waals surface area (Å²) in [6.45, 7) is 0. The number of aryl methyl sites for hydroxylation is 1. The van der Waals surface area contributed by atoms with E-state index in [4.69, 9.17) is 14.9 Å². The molecule has 1 rings (SSSR count). The van der Waals surface area contributed by atoms with Crippen LogP contribution in [0.25, 0.3) is 0 Å². The predicted octanol–water partition coefficient (Wildman–Crippen LogP) is 1.84. The molecule has 0 aliphatic rings. The monoisotopic (exact) mass is 288 g/mol. The molecule has 0 aromatic heterocycles. The topological polar surface area (TPSA) is 66.8 Å². The van der Waals surface area contributed by atoms with E-state index in [1.165, 1.54) is 0 Å². The molecule has 0 radical (unpaired) electrons. The van der Waals surface area contributed by atoms with Gasteiger partial charge in [-0.2, -0.15) is 0 Å². The maximum absolute atomic E-state index is 10.4. The van der Waals surface area contributed by atoms with E-state index in [1.54, 1.807) is 13.2 Å². The number of carboxylic acid groups (broad SMARTS) is 1. The second kappa shape index (κ2) is 5.86. The van der Waals surface area contributed by atoms with Gasteiger partial charge in [-0.25, -0.2) is 4.79 Å². The van der Waals surface area contributed by atoms with Gasteiger partial charge in [-0.05, 0) is 46.5 Å². The van der Waals surface area contributed by atoms with Gasteiger partial charge in [0.1, 0.15) is 5.75 Å². The average molecular weight is 289 g/mol. The fraction of sp³-hybridized carbons (Fsp3) is 0.364. The third kappa shape index (κ3) is 3.50. The summed E-state index contributed by atoms with van der Waals surface area (Å²) in [5.41, 5.74) is 0.952. The van der Waals surface area contributed by atoms with E-state index >= 15 is 0 Å². The Bertz CT molecular complexity index is 378. The molecule has 0 amide bonds. The summed E-state index contributed by atoms with van der Waals surface area (Å²) in [6.07, 6.45) is -0.592. The van der Waals surface area contributed by atoms with Gasteiger partial charge >= 0.3 is 5.97 Å². The van der Waals surface area contributed by atoms with Crippen molar-refractivity contribution in [1.29, 1.82) is 0 Å². The zero-order valence-electron chi connectivity index (χ0n) is 8.81. The standard InChI is InChI=1S/C11H13BrO4/c1-16-10-5-3-7(6-8(10)12)2-4-9(13)11(14)15/h3,5-6,9,13H,2,4H2,1H3,(H,14,15). The highest BCUT2D eigenvalue weighted by Crippen LogP contribution is 2.26. The first-order valence-electron chi connectivity index (χ1n) is 4.78.